The van der Waals surface area contributed by atoms with Gasteiger partial charge in [-0.05, 0) is 29.8 Å². The maximum absolute atomic E-state index is 13.5. The number of rotatable bonds is 9. The van der Waals surface area contributed by atoms with E-state index in [1.807, 2.05) is 0 Å². The van der Waals surface area contributed by atoms with Crippen LogP contribution in [0.2, 0.25) is 0 Å². The topological polar surface area (TPSA) is 108 Å². The molecule has 0 aliphatic heterocycles. The van der Waals surface area contributed by atoms with E-state index >= 15 is 0 Å². The van der Waals surface area contributed by atoms with Crippen LogP contribution < -0.4 is 19.7 Å². The molecule has 0 aromatic heterocycles. The molecule has 0 atom stereocenters. The monoisotopic (exact) mass is 441 g/mol. The van der Waals surface area contributed by atoms with Crippen LogP contribution in [0, 0.1) is 5.82 Å². The number of aliphatic hydroxyl groups excluding tert-OH is 1. The van der Waals surface area contributed by atoms with Crippen LogP contribution in [0.1, 0.15) is 26.3 Å². The van der Waals surface area contributed by atoms with E-state index < -0.39 is 11.7 Å². The molecule has 0 aliphatic rings. The third-order valence-corrected chi connectivity index (χ3v) is 4.28. The molecule has 2 aromatic carbocycles. The van der Waals surface area contributed by atoms with E-state index in [4.69, 9.17) is 9.84 Å². The SMILES string of the molecule is CO.COc1ccc(F)cc1C(=O)NCc1ccc(C=O)c(NC=O)c1N(C)SF. The molecule has 162 valence electrons. The number of amides is 2. The lowest BCUT2D eigenvalue weighted by Gasteiger charge is -2.22. The highest BCUT2D eigenvalue weighted by Crippen LogP contribution is 2.36. The van der Waals surface area contributed by atoms with E-state index in [0.717, 1.165) is 23.5 Å². The number of ether oxygens (including phenoxy) is 1. The molecule has 2 aromatic rings. The number of halogens is 2. The lowest BCUT2D eigenvalue weighted by molar-refractivity contribution is -0.105. The highest BCUT2D eigenvalue weighted by molar-refractivity contribution is 7.95. The van der Waals surface area contributed by atoms with Crippen LogP contribution in [0.25, 0.3) is 0 Å². The summed E-state index contributed by atoms with van der Waals surface area (Å²) >= 11 is -0.131. The standard InChI is InChI=1S/C18H17F2N3O4S.CH4O/c1-23(28-20)17-11(3-4-12(9-24)16(17)22-10-25)8-21-18(26)14-7-13(19)5-6-15(14)27-2;1-2/h3-7,9-10H,8H2,1-2H3,(H,21,26)(H,22,25);2H,1H3. The Balaban J connectivity index is 0.00000218. The molecular weight excluding hydrogens is 420 g/mol. The van der Waals surface area contributed by atoms with Gasteiger partial charge >= 0.3 is 0 Å². The minimum atomic E-state index is -0.609. The molecule has 0 aliphatic carbocycles. The van der Waals surface area contributed by atoms with Crippen molar-refractivity contribution < 1.29 is 32.5 Å². The number of hydrogen-bond acceptors (Lipinski definition) is 7. The second-order valence-corrected chi connectivity index (χ2v) is 6.20. The zero-order valence-corrected chi connectivity index (χ0v) is 17.3. The van der Waals surface area contributed by atoms with Gasteiger partial charge in [0.1, 0.15) is 11.6 Å². The van der Waals surface area contributed by atoms with Crippen LogP contribution in [0.15, 0.2) is 30.3 Å². The van der Waals surface area contributed by atoms with Crippen molar-refractivity contribution in [2.45, 2.75) is 6.54 Å². The Labute approximate surface area is 176 Å². The number of methoxy groups -OCH3 is 1. The van der Waals surface area contributed by atoms with Gasteiger partial charge in [-0.15, -0.1) is 3.89 Å². The molecule has 2 amide bonds. The van der Waals surface area contributed by atoms with Gasteiger partial charge in [0.2, 0.25) is 6.41 Å². The lowest BCUT2D eigenvalue weighted by Crippen LogP contribution is -2.25. The van der Waals surface area contributed by atoms with Crippen LogP contribution >= 0.6 is 12.3 Å². The van der Waals surface area contributed by atoms with Crippen LogP contribution in [-0.4, -0.2) is 45.0 Å². The number of benzene rings is 2. The third-order valence-electron chi connectivity index (χ3n) is 3.89. The molecule has 0 saturated carbocycles. The smallest absolute Gasteiger partial charge is 0.255 e. The van der Waals surface area contributed by atoms with Gasteiger partial charge in [0, 0.05) is 26.3 Å². The fourth-order valence-electron chi connectivity index (χ4n) is 2.62. The number of carbonyl (C=O) groups is 3. The molecule has 0 saturated heterocycles. The molecule has 0 heterocycles. The molecule has 3 N–H and O–H groups in total. The number of aldehydes is 1. The first kappa shape index (κ1) is 24.9. The predicted octanol–water partition coefficient (Wildman–Crippen LogP) is 2.72. The van der Waals surface area contributed by atoms with Crippen LogP contribution in [0.3, 0.4) is 0 Å². The van der Waals surface area contributed by atoms with Gasteiger partial charge in [-0.25, -0.2) is 4.39 Å². The van der Waals surface area contributed by atoms with Gasteiger partial charge in [-0.3, -0.25) is 18.7 Å². The maximum atomic E-state index is 13.5. The van der Waals surface area contributed by atoms with Crippen molar-refractivity contribution in [3.8, 4) is 5.75 Å². The summed E-state index contributed by atoms with van der Waals surface area (Å²) in [5.41, 5.74) is 0.868. The second kappa shape index (κ2) is 12.4. The van der Waals surface area contributed by atoms with E-state index in [1.54, 1.807) is 0 Å². The molecule has 2 rings (SSSR count). The zero-order valence-electron chi connectivity index (χ0n) is 16.4. The Morgan fingerprint density at radius 3 is 2.53 bits per heavy atom. The molecule has 0 fully saturated rings. The Kier molecular flexibility index (Phi) is 10.3. The fraction of sp³-hybridized carbons (Fsp3) is 0.211. The molecule has 0 spiro atoms. The van der Waals surface area contributed by atoms with Gasteiger partial charge in [0.15, 0.2) is 18.6 Å². The average Bonchev–Trinajstić information content (AvgIpc) is 2.78. The quantitative estimate of drug-likeness (QED) is 0.406. The first-order valence-electron chi connectivity index (χ1n) is 8.36. The van der Waals surface area contributed by atoms with Crippen molar-refractivity contribution in [3.05, 3.63) is 52.8 Å². The van der Waals surface area contributed by atoms with E-state index in [2.05, 4.69) is 10.6 Å². The van der Waals surface area contributed by atoms with E-state index in [1.165, 1.54) is 32.4 Å². The minimum Gasteiger partial charge on any atom is -0.496 e. The summed E-state index contributed by atoms with van der Waals surface area (Å²) in [5, 5.41) is 12.0. The fourth-order valence-corrected chi connectivity index (χ4v) is 2.90. The van der Waals surface area contributed by atoms with Gasteiger partial charge in [-0.2, -0.15) is 0 Å². The summed E-state index contributed by atoms with van der Waals surface area (Å²) in [6.07, 6.45) is 0.884. The predicted molar refractivity (Wildman–Crippen MR) is 111 cm³/mol. The Morgan fingerprint density at radius 2 is 1.97 bits per heavy atom. The summed E-state index contributed by atoms with van der Waals surface area (Å²) in [7, 11) is 3.75. The largest absolute Gasteiger partial charge is 0.496 e. The summed E-state index contributed by atoms with van der Waals surface area (Å²) < 4.78 is 32.8. The minimum absolute atomic E-state index is 0.00646. The van der Waals surface area contributed by atoms with Crippen molar-refractivity contribution in [2.75, 3.05) is 30.9 Å². The molecule has 0 bridgehead atoms. The Bertz CT molecular complexity index is 899. The lowest BCUT2D eigenvalue weighted by atomic mass is 10.1. The molecule has 0 unspecified atom stereocenters. The summed E-state index contributed by atoms with van der Waals surface area (Å²) in [4.78, 5) is 34.6. The van der Waals surface area contributed by atoms with Crippen molar-refractivity contribution in [1.29, 1.82) is 0 Å². The van der Waals surface area contributed by atoms with E-state index in [0.29, 0.717) is 18.3 Å². The van der Waals surface area contributed by atoms with Crippen LogP contribution in [-0.2, 0) is 11.3 Å². The van der Waals surface area contributed by atoms with Gasteiger partial charge < -0.3 is 20.5 Å². The van der Waals surface area contributed by atoms with Crippen LogP contribution in [0.4, 0.5) is 19.7 Å². The molecule has 30 heavy (non-hydrogen) atoms. The number of carbonyl (C=O) groups excluding carboxylic acids is 3. The number of hydrogen-bond donors (Lipinski definition) is 3. The second-order valence-electron chi connectivity index (χ2n) is 5.51. The average molecular weight is 441 g/mol. The number of aliphatic hydroxyl groups is 1. The molecule has 0 radical (unpaired) electrons. The summed E-state index contributed by atoms with van der Waals surface area (Å²) in [5.74, 6) is -1.02. The molecular formula is C19H21F2N3O5S. The summed E-state index contributed by atoms with van der Waals surface area (Å²) in [6, 6.07) is 6.48. The van der Waals surface area contributed by atoms with Crippen molar-refractivity contribution in [1.82, 2.24) is 5.32 Å². The van der Waals surface area contributed by atoms with Crippen molar-refractivity contribution >= 4 is 42.3 Å². The van der Waals surface area contributed by atoms with Crippen molar-refractivity contribution in [3.63, 3.8) is 0 Å². The van der Waals surface area contributed by atoms with Gasteiger partial charge in [0.25, 0.3) is 5.91 Å². The number of nitrogens with zero attached hydrogens (tertiary/aromatic N) is 1. The Morgan fingerprint density at radius 1 is 1.27 bits per heavy atom. The highest BCUT2D eigenvalue weighted by atomic mass is 32.2. The van der Waals surface area contributed by atoms with Crippen molar-refractivity contribution in [2.24, 2.45) is 0 Å². The van der Waals surface area contributed by atoms with Gasteiger partial charge in [-0.1, -0.05) is 6.07 Å². The normalized spacial score (nSPS) is 9.67. The first-order valence-corrected chi connectivity index (χ1v) is 9.04. The van der Waals surface area contributed by atoms with E-state index in [-0.39, 0.29) is 47.1 Å². The zero-order chi connectivity index (χ0) is 22.7. The molecule has 11 heteroatoms. The third kappa shape index (κ3) is 5.91. The van der Waals surface area contributed by atoms with Crippen LogP contribution in [0.5, 0.6) is 5.75 Å². The highest BCUT2D eigenvalue weighted by Gasteiger charge is 2.19. The first-order chi connectivity index (χ1) is 14.5. The van der Waals surface area contributed by atoms with E-state index in [9.17, 15) is 22.7 Å². The van der Waals surface area contributed by atoms with Gasteiger partial charge in [0.05, 0.1) is 24.0 Å². The Hall–Kier alpha value is -3.18. The number of anilines is 2. The number of nitrogens with one attached hydrogen (secondary N) is 2. The molecule has 8 nitrogen and oxygen atoms in total. The maximum Gasteiger partial charge on any atom is 0.255 e. The summed E-state index contributed by atoms with van der Waals surface area (Å²) in [6.45, 7) is -0.0780.